The van der Waals surface area contributed by atoms with E-state index < -0.39 is 52.6 Å². The Morgan fingerprint density at radius 1 is 0.525 bits per heavy atom. The van der Waals surface area contributed by atoms with Gasteiger partial charge in [0.25, 0.3) is 31.4 Å². The minimum absolute atomic E-state index is 0. The van der Waals surface area contributed by atoms with Gasteiger partial charge >= 0.3 is 17.4 Å². The number of hydrogen-bond donors (Lipinski definition) is 5. The van der Waals surface area contributed by atoms with Gasteiger partial charge in [0.1, 0.15) is 21.2 Å². The molecule has 0 atom stereocenters. The van der Waals surface area contributed by atoms with Crippen molar-refractivity contribution in [1.29, 1.82) is 0 Å². The zero-order valence-electron chi connectivity index (χ0n) is 31.7. The summed E-state index contributed by atoms with van der Waals surface area (Å²) in [4.78, 5) is 24.5. The van der Waals surface area contributed by atoms with Gasteiger partial charge < -0.3 is 10.2 Å². The molecule has 8 rings (SSSR count). The van der Waals surface area contributed by atoms with Crippen LogP contribution in [0.3, 0.4) is 0 Å². The van der Waals surface area contributed by atoms with Gasteiger partial charge in [0, 0.05) is 27.6 Å². The van der Waals surface area contributed by atoms with Crippen molar-refractivity contribution in [3.8, 4) is 22.9 Å². The summed E-state index contributed by atoms with van der Waals surface area (Å²) in [5.74, 6) is -1.25. The van der Waals surface area contributed by atoms with E-state index >= 15 is 0 Å². The molecule has 0 aliphatic rings. The molecule has 5 N–H and O–H groups in total. The molecule has 61 heavy (non-hydrogen) atoms. The summed E-state index contributed by atoms with van der Waals surface area (Å²) >= 11 is 0. The van der Waals surface area contributed by atoms with Gasteiger partial charge in [-0.25, -0.2) is 9.36 Å². The number of hydrogen-bond acceptors (Lipinski definition) is 12. The number of benzene rings is 6. The van der Waals surface area contributed by atoms with Crippen LogP contribution < -0.4 is 16.2 Å². The smallest absolute Gasteiger partial charge is 0.871 e. The van der Waals surface area contributed by atoms with Gasteiger partial charge in [0.2, 0.25) is 0 Å². The average molecular weight is 900 g/mol. The van der Waals surface area contributed by atoms with E-state index in [1.54, 1.807) is 86.6 Å². The van der Waals surface area contributed by atoms with Gasteiger partial charge in [-0.1, -0.05) is 90.7 Å². The number of nitrogens with zero attached hydrogens (tertiary/aromatic N) is 6. The molecule has 8 aromatic rings. The van der Waals surface area contributed by atoms with E-state index in [4.69, 9.17) is 0 Å². The Bertz CT molecular complexity index is 3140. The number of aromatic amines is 2. The summed E-state index contributed by atoms with van der Waals surface area (Å²) in [5.41, 5.74) is 1.16. The van der Waals surface area contributed by atoms with Crippen molar-refractivity contribution in [2.45, 2.75) is 23.6 Å². The fraction of sp³-hybridized carbons (Fsp3) is 0.0500. The molecule has 0 unspecified atom stereocenters. The van der Waals surface area contributed by atoms with Gasteiger partial charge in [-0.15, -0.1) is 15.3 Å². The Morgan fingerprint density at radius 2 is 0.869 bits per heavy atom. The zero-order chi connectivity index (χ0) is 42.9. The van der Waals surface area contributed by atoms with E-state index in [2.05, 4.69) is 30.7 Å². The number of fused-ring (bicyclic) bond motifs is 2. The number of rotatable bonds is 8. The molecular formula is C40H31CrN8O10S2+2. The van der Waals surface area contributed by atoms with Crippen LogP contribution in [-0.2, 0) is 37.6 Å². The number of phenolic OH excluding ortho intramolecular Hbond substituents is 1. The number of aromatic nitrogens is 4. The van der Waals surface area contributed by atoms with Gasteiger partial charge in [0.05, 0.1) is 28.5 Å². The van der Waals surface area contributed by atoms with Crippen molar-refractivity contribution in [3.63, 3.8) is 0 Å². The Labute approximate surface area is 356 Å². The number of azo groups is 2. The Morgan fingerprint density at radius 3 is 1.30 bits per heavy atom. The second-order valence-electron chi connectivity index (χ2n) is 13.0. The monoisotopic (exact) mass is 899 g/mol. The fourth-order valence-corrected chi connectivity index (χ4v) is 7.71. The molecule has 18 nitrogen and oxygen atoms in total. The van der Waals surface area contributed by atoms with E-state index in [0.29, 0.717) is 22.8 Å². The first kappa shape index (κ1) is 43.6. The topological polar surface area (TPSA) is 277 Å². The molecule has 2 heterocycles. The predicted molar refractivity (Wildman–Crippen MR) is 219 cm³/mol. The molecule has 0 aliphatic carbocycles. The summed E-state index contributed by atoms with van der Waals surface area (Å²) in [6, 6.07) is 31.8. The van der Waals surface area contributed by atoms with E-state index in [9.17, 15) is 45.7 Å². The first-order valence-corrected chi connectivity index (χ1v) is 20.4. The maximum atomic E-state index is 12.7. The summed E-state index contributed by atoms with van der Waals surface area (Å²) < 4.78 is 68.1. The maximum Gasteiger partial charge on any atom is 3.00 e. The molecule has 0 amide bonds. The molecule has 0 aliphatic heterocycles. The van der Waals surface area contributed by atoms with Gasteiger partial charge in [-0.2, -0.15) is 21.9 Å². The second-order valence-corrected chi connectivity index (χ2v) is 15.8. The minimum atomic E-state index is -4.61. The first-order chi connectivity index (χ1) is 28.5. The van der Waals surface area contributed by atoms with Crippen molar-refractivity contribution < 1.29 is 53.5 Å². The van der Waals surface area contributed by atoms with E-state index in [0.717, 1.165) is 12.1 Å². The molecule has 0 spiro atoms. The first-order valence-electron chi connectivity index (χ1n) is 17.5. The van der Waals surface area contributed by atoms with Crippen molar-refractivity contribution in [2.24, 2.45) is 20.5 Å². The van der Waals surface area contributed by atoms with Crippen LogP contribution >= 0.6 is 0 Å². The second kappa shape index (κ2) is 17.3. The largest absolute Gasteiger partial charge is 3.00 e. The molecule has 0 saturated heterocycles. The normalized spacial score (nSPS) is 11.9. The van der Waals surface area contributed by atoms with E-state index in [1.165, 1.54) is 33.6 Å². The third-order valence-corrected chi connectivity index (χ3v) is 10.9. The van der Waals surface area contributed by atoms with Crippen molar-refractivity contribution >= 4 is 64.5 Å². The summed E-state index contributed by atoms with van der Waals surface area (Å²) in [7, 11) is -9.17. The molecule has 0 saturated carbocycles. The third-order valence-electron chi connectivity index (χ3n) is 9.07. The molecule has 0 bridgehead atoms. The van der Waals surface area contributed by atoms with Crippen LogP contribution in [0.2, 0.25) is 0 Å². The number of aryl methyl sites for hydroxylation is 2. The van der Waals surface area contributed by atoms with Crippen molar-refractivity contribution in [1.82, 2.24) is 19.6 Å². The van der Waals surface area contributed by atoms with Gasteiger partial charge in [0.15, 0.2) is 11.4 Å². The Balaban J connectivity index is 0.000000201. The Hall–Kier alpha value is -6.99. The van der Waals surface area contributed by atoms with E-state index in [-0.39, 0.29) is 61.7 Å². The summed E-state index contributed by atoms with van der Waals surface area (Å²) in [6.45, 7) is 3.31. The number of aromatic hydroxyl groups is 1. The molecule has 1 radical (unpaired) electrons. The molecule has 2 aromatic heterocycles. The SMILES string of the molecule is Cc1[nH]n(-c2ccccc2)c(=O)c1N=Nc1c(O)cc(S(=O)(=O)O)c2ccccc12.Cc1[nH]n(-c2ccccc2)c(=O)c1N=Nc1c([O-])cc(S(=O)(=O)O)c2ccccc12.[Cr+3]. The average Bonchev–Trinajstić information content (AvgIpc) is 3.68. The Kier molecular flexibility index (Phi) is 12.4. The van der Waals surface area contributed by atoms with Crippen molar-refractivity contribution in [3.05, 3.63) is 153 Å². The number of para-hydroxylation sites is 2. The van der Waals surface area contributed by atoms with E-state index in [1.807, 2.05) is 12.1 Å². The maximum absolute atomic E-state index is 12.7. The quantitative estimate of drug-likeness (QED) is 0.0746. The van der Waals surface area contributed by atoms with Crippen LogP contribution in [0.1, 0.15) is 11.4 Å². The summed E-state index contributed by atoms with van der Waals surface area (Å²) in [6.07, 6.45) is 0. The van der Waals surface area contributed by atoms with Crippen LogP contribution in [0, 0.1) is 13.8 Å². The molecular weight excluding hydrogens is 869 g/mol. The summed E-state index contributed by atoms with van der Waals surface area (Å²) in [5, 5.41) is 45.4. The molecule has 6 aromatic carbocycles. The minimum Gasteiger partial charge on any atom is -0.871 e. The number of phenols is 1. The zero-order valence-corrected chi connectivity index (χ0v) is 34.6. The third kappa shape index (κ3) is 8.83. The van der Waals surface area contributed by atoms with Gasteiger partial charge in [-0.3, -0.25) is 28.9 Å². The van der Waals surface area contributed by atoms with Crippen LogP contribution in [0.25, 0.3) is 32.9 Å². The van der Waals surface area contributed by atoms with Crippen LogP contribution in [0.4, 0.5) is 22.7 Å². The predicted octanol–water partition coefficient (Wildman–Crippen LogP) is 7.36. The van der Waals surface area contributed by atoms with Crippen LogP contribution in [-0.4, -0.2) is 50.6 Å². The fourth-order valence-electron chi connectivity index (χ4n) is 6.28. The molecule has 307 valence electrons. The number of nitrogens with one attached hydrogen (secondary N) is 2. The van der Waals surface area contributed by atoms with Crippen LogP contribution in [0.15, 0.2) is 161 Å². The van der Waals surface area contributed by atoms with Crippen LogP contribution in [0.5, 0.6) is 11.5 Å². The molecule has 21 heteroatoms. The van der Waals surface area contributed by atoms with Gasteiger partial charge in [-0.05, 0) is 44.2 Å². The van der Waals surface area contributed by atoms with Crippen molar-refractivity contribution in [2.75, 3.05) is 0 Å². The molecule has 0 fully saturated rings. The standard InChI is InChI=1S/2C20H16N4O5S.Cr/c2*1-12-18(20(26)24(23-12)13-7-3-2-4-8-13)21-22-19-15-10-6-5-9-14(15)17(11-16(19)25)30(27,28)29;/h2*2-11,23,25H,1H3,(H,27,28,29);/q;;+3/p-1. The number of H-pyrrole nitrogens is 2.